The van der Waals surface area contributed by atoms with E-state index in [9.17, 15) is 24.5 Å². The van der Waals surface area contributed by atoms with Crippen molar-refractivity contribution in [1.29, 1.82) is 0 Å². The van der Waals surface area contributed by atoms with Crippen LogP contribution in [-0.2, 0) is 16.1 Å². The first kappa shape index (κ1) is 20.1. The Morgan fingerprint density at radius 2 is 1.97 bits per heavy atom. The monoisotopic (exact) mass is 441 g/mol. The van der Waals surface area contributed by atoms with E-state index in [4.69, 9.17) is 20.4 Å². The fraction of sp³-hybridized carbons (Fsp3) is 0.0500. The molecule has 4 rings (SSSR count). The lowest BCUT2D eigenvalue weighted by Crippen LogP contribution is -2.53. The smallest absolute Gasteiger partial charge is 0.331 e. The zero-order chi connectivity index (χ0) is 22.1. The number of carbonyl (C=O) groups excluding carboxylic acids is 3. The van der Waals surface area contributed by atoms with Gasteiger partial charge in [-0.25, -0.2) is 4.79 Å². The van der Waals surface area contributed by atoms with E-state index in [-0.39, 0.29) is 34.3 Å². The van der Waals surface area contributed by atoms with Crippen LogP contribution in [0.2, 0.25) is 5.02 Å². The van der Waals surface area contributed by atoms with Gasteiger partial charge in [-0.15, -0.1) is 0 Å². The number of nitrogens with one attached hydrogen (secondary N) is 1. The molecule has 0 radical (unpaired) electrons. The van der Waals surface area contributed by atoms with Crippen molar-refractivity contribution in [3.63, 3.8) is 0 Å². The van der Waals surface area contributed by atoms with Crippen LogP contribution in [0.5, 0.6) is 0 Å². The summed E-state index contributed by atoms with van der Waals surface area (Å²) in [6.45, 7) is -0.149. The fourth-order valence-electron chi connectivity index (χ4n) is 2.93. The molecule has 2 aromatic heterocycles. The van der Waals surface area contributed by atoms with E-state index in [1.54, 1.807) is 12.1 Å². The minimum absolute atomic E-state index is 0.101. The molecule has 3 heterocycles. The average Bonchev–Trinajstić information content (AvgIpc) is 3.40. The molecule has 11 heteroatoms. The molecule has 1 saturated heterocycles. The van der Waals surface area contributed by atoms with Gasteiger partial charge in [0.1, 0.15) is 22.9 Å². The van der Waals surface area contributed by atoms with Gasteiger partial charge in [-0.3, -0.25) is 29.9 Å². The number of rotatable bonds is 5. The number of hydrogen-bond acceptors (Lipinski definition) is 7. The lowest BCUT2D eigenvalue weighted by Gasteiger charge is -2.25. The Labute approximate surface area is 178 Å². The minimum atomic E-state index is -0.864. The Balaban J connectivity index is 1.61. The third-order valence-electron chi connectivity index (χ3n) is 4.42. The highest BCUT2D eigenvalue weighted by Crippen LogP contribution is 2.33. The van der Waals surface area contributed by atoms with Crippen LogP contribution < -0.4 is 5.32 Å². The number of carbonyl (C=O) groups is 3. The van der Waals surface area contributed by atoms with Crippen LogP contribution in [0, 0.1) is 10.1 Å². The van der Waals surface area contributed by atoms with Crippen LogP contribution in [0.15, 0.2) is 63.1 Å². The Kier molecular flexibility index (Phi) is 5.14. The molecular weight excluding hydrogens is 430 g/mol. The molecule has 1 N–H and O–H groups in total. The molecule has 0 atom stereocenters. The molecule has 1 aliphatic rings. The number of imide groups is 2. The number of hydrogen-bond donors (Lipinski definition) is 1. The van der Waals surface area contributed by atoms with Gasteiger partial charge in [-0.05, 0) is 36.4 Å². The van der Waals surface area contributed by atoms with Gasteiger partial charge in [0, 0.05) is 17.7 Å². The highest BCUT2D eigenvalue weighted by Gasteiger charge is 2.36. The van der Waals surface area contributed by atoms with Crippen LogP contribution in [-0.4, -0.2) is 27.7 Å². The van der Waals surface area contributed by atoms with Gasteiger partial charge in [0.15, 0.2) is 0 Å². The van der Waals surface area contributed by atoms with Gasteiger partial charge in [0.2, 0.25) is 0 Å². The van der Waals surface area contributed by atoms with Gasteiger partial charge in [-0.1, -0.05) is 11.6 Å². The summed E-state index contributed by atoms with van der Waals surface area (Å²) < 4.78 is 10.8. The second-order valence-electron chi connectivity index (χ2n) is 6.41. The van der Waals surface area contributed by atoms with Crippen LogP contribution in [0.25, 0.3) is 17.4 Å². The summed E-state index contributed by atoms with van der Waals surface area (Å²) >= 11 is 6.11. The summed E-state index contributed by atoms with van der Waals surface area (Å²) in [7, 11) is 0. The first-order valence-corrected chi connectivity index (χ1v) is 9.16. The number of nitro groups is 1. The molecule has 0 bridgehead atoms. The summed E-state index contributed by atoms with van der Waals surface area (Å²) in [4.78, 5) is 48.1. The number of barbiturate groups is 1. The molecule has 0 spiro atoms. The number of benzene rings is 1. The maximum atomic E-state index is 12.7. The highest BCUT2D eigenvalue weighted by molar-refractivity contribution is 6.33. The lowest BCUT2D eigenvalue weighted by atomic mass is 10.1. The summed E-state index contributed by atoms with van der Waals surface area (Å²) in [5.41, 5.74) is -0.0822. The van der Waals surface area contributed by atoms with E-state index in [1.807, 2.05) is 0 Å². The van der Waals surface area contributed by atoms with Crippen molar-refractivity contribution in [1.82, 2.24) is 10.2 Å². The van der Waals surface area contributed by atoms with Gasteiger partial charge in [-0.2, -0.15) is 0 Å². The molecule has 1 aliphatic heterocycles. The molecule has 156 valence electrons. The van der Waals surface area contributed by atoms with Crippen molar-refractivity contribution in [2.75, 3.05) is 0 Å². The molecule has 31 heavy (non-hydrogen) atoms. The zero-order valence-corrected chi connectivity index (χ0v) is 16.3. The predicted octanol–water partition coefficient (Wildman–Crippen LogP) is 3.76. The molecule has 1 fully saturated rings. The van der Waals surface area contributed by atoms with Gasteiger partial charge in [0.25, 0.3) is 17.5 Å². The van der Waals surface area contributed by atoms with Crippen molar-refractivity contribution in [2.45, 2.75) is 6.54 Å². The Hall–Kier alpha value is -4.18. The Morgan fingerprint density at radius 3 is 2.65 bits per heavy atom. The first-order chi connectivity index (χ1) is 14.8. The molecule has 10 nitrogen and oxygen atoms in total. The summed E-state index contributed by atoms with van der Waals surface area (Å²) in [5.74, 6) is -0.882. The number of urea groups is 1. The summed E-state index contributed by atoms with van der Waals surface area (Å²) in [6.07, 6.45) is 2.60. The van der Waals surface area contributed by atoms with Gasteiger partial charge in [0.05, 0.1) is 22.8 Å². The zero-order valence-electron chi connectivity index (χ0n) is 15.5. The van der Waals surface area contributed by atoms with Crippen molar-refractivity contribution < 1.29 is 28.1 Å². The summed E-state index contributed by atoms with van der Waals surface area (Å²) in [5, 5.41) is 13.0. The number of furan rings is 2. The Morgan fingerprint density at radius 1 is 1.16 bits per heavy atom. The second kappa shape index (κ2) is 7.92. The van der Waals surface area contributed by atoms with Crippen LogP contribution in [0.4, 0.5) is 10.5 Å². The van der Waals surface area contributed by atoms with Crippen molar-refractivity contribution >= 4 is 41.2 Å². The predicted molar refractivity (Wildman–Crippen MR) is 107 cm³/mol. The Bertz CT molecular complexity index is 1240. The van der Waals surface area contributed by atoms with Crippen molar-refractivity contribution in [2.24, 2.45) is 0 Å². The first-order valence-electron chi connectivity index (χ1n) is 8.79. The third kappa shape index (κ3) is 3.96. The molecule has 0 unspecified atom stereocenters. The molecule has 0 saturated carbocycles. The highest BCUT2D eigenvalue weighted by atomic mass is 35.5. The molecular formula is C20H12ClN3O7. The van der Waals surface area contributed by atoms with E-state index in [0.29, 0.717) is 11.3 Å². The normalized spacial score (nSPS) is 15.5. The number of nitrogens with zero attached hydrogens (tertiary/aromatic N) is 2. The van der Waals surface area contributed by atoms with Crippen LogP contribution in [0.3, 0.4) is 0 Å². The molecule has 3 aromatic rings. The van der Waals surface area contributed by atoms with Gasteiger partial charge >= 0.3 is 6.03 Å². The SMILES string of the molecule is O=C1NC(=O)N(Cc2ccco2)C(=O)C1=Cc1ccc(-c2ccc([N+](=O)[O-])cc2Cl)o1. The quantitative estimate of drug-likeness (QED) is 0.275. The largest absolute Gasteiger partial charge is 0.467 e. The average molecular weight is 442 g/mol. The number of amides is 4. The minimum Gasteiger partial charge on any atom is -0.467 e. The summed E-state index contributed by atoms with van der Waals surface area (Å²) in [6, 6.07) is 9.26. The van der Waals surface area contributed by atoms with Crippen LogP contribution >= 0.6 is 11.6 Å². The molecule has 4 amide bonds. The maximum Gasteiger partial charge on any atom is 0.331 e. The maximum absolute atomic E-state index is 12.7. The van der Waals surface area contributed by atoms with E-state index in [0.717, 1.165) is 4.90 Å². The van der Waals surface area contributed by atoms with E-state index in [2.05, 4.69) is 5.32 Å². The number of non-ortho nitro benzene ring substituents is 1. The van der Waals surface area contributed by atoms with Crippen LogP contribution in [0.1, 0.15) is 11.5 Å². The fourth-order valence-corrected chi connectivity index (χ4v) is 3.20. The molecule has 1 aromatic carbocycles. The third-order valence-corrected chi connectivity index (χ3v) is 4.73. The van der Waals surface area contributed by atoms with E-state index < -0.39 is 22.8 Å². The van der Waals surface area contributed by atoms with E-state index in [1.165, 1.54) is 42.7 Å². The number of nitro benzene ring substituents is 1. The van der Waals surface area contributed by atoms with Crippen molar-refractivity contribution in [3.05, 3.63) is 81.0 Å². The van der Waals surface area contributed by atoms with Gasteiger partial charge < -0.3 is 8.83 Å². The van der Waals surface area contributed by atoms with E-state index >= 15 is 0 Å². The van der Waals surface area contributed by atoms with Crippen molar-refractivity contribution in [3.8, 4) is 11.3 Å². The molecule has 0 aliphatic carbocycles. The number of halogens is 1. The topological polar surface area (TPSA) is 136 Å². The lowest BCUT2D eigenvalue weighted by molar-refractivity contribution is -0.384. The second-order valence-corrected chi connectivity index (χ2v) is 6.82. The standard InChI is InChI=1S/C20H12ClN3O7/c21-16-8-11(24(28)29)3-5-14(16)17-6-4-12(31-17)9-15-18(25)22-20(27)23(19(15)26)10-13-2-1-7-30-13/h1-9H,10H2,(H,22,25,27).